The van der Waals surface area contributed by atoms with Gasteiger partial charge in [-0.25, -0.2) is 29.0 Å². The van der Waals surface area contributed by atoms with Crippen molar-refractivity contribution in [3.8, 4) is 11.5 Å². The molecule has 12 atom stereocenters. The van der Waals surface area contributed by atoms with Gasteiger partial charge in [-0.15, -0.1) is 0 Å². The summed E-state index contributed by atoms with van der Waals surface area (Å²) in [6.07, 6.45) is -3.87. The van der Waals surface area contributed by atoms with E-state index in [0.29, 0.717) is 30.8 Å². The number of rotatable bonds is 16. The van der Waals surface area contributed by atoms with E-state index < -0.39 is 131 Å². The SMILES string of the molecule is CC(C)C(=O)O[C@@H]1[C@@H](Cc2cccc3ccccc23)COC[C@H](N(C(=O)OC(C)(C)C)C(=O)OC(C)(C)C)C(=O)O[C@H]1C.CC(C)C(=O)O[C@@H]1[C@@H](Cc2cccc3ccccc23)COC[C@H]([NH3+])C(=O)O[C@H]1C.COc1ccnc(C(=O)N[C@H]2COC[C@H](Cc3cccc4ccccc34)[C@@H](OC(=O)C(C)C)[C@H](C)OC2=O)c1O.[Cl-]. The quantitative estimate of drug-likeness (QED) is 0.0601. The lowest BCUT2D eigenvalue weighted by molar-refractivity contribution is -0.415. The molecule has 6 aromatic carbocycles. The number of hydrogen-bond acceptors (Lipinski definition) is 23. The lowest BCUT2D eigenvalue weighted by atomic mass is 9.89. The Morgan fingerprint density at radius 3 is 1.24 bits per heavy atom. The van der Waals surface area contributed by atoms with Crippen LogP contribution in [0.3, 0.4) is 0 Å². The van der Waals surface area contributed by atoms with E-state index in [1.165, 1.54) is 19.4 Å². The molecule has 3 saturated heterocycles. The Hall–Kier alpha value is -9.99. The number of nitrogens with one attached hydrogen (secondary N) is 1. The lowest BCUT2D eigenvalue weighted by Crippen LogP contribution is -3.00. The Labute approximate surface area is 666 Å². The first-order chi connectivity index (χ1) is 53.0. The van der Waals surface area contributed by atoms with Gasteiger partial charge in [0.15, 0.2) is 29.3 Å². The molecule has 5 N–H and O–H groups in total. The average molecular weight is 1590 g/mol. The zero-order chi connectivity index (χ0) is 81.9. The van der Waals surface area contributed by atoms with Gasteiger partial charge in [-0.2, -0.15) is 4.90 Å². The van der Waals surface area contributed by atoms with Crippen molar-refractivity contribution in [3.05, 3.63) is 162 Å². The summed E-state index contributed by atoms with van der Waals surface area (Å²) in [5.41, 5.74) is 4.77. The molecule has 26 nitrogen and oxygen atoms in total. The van der Waals surface area contributed by atoms with Gasteiger partial charge < -0.3 is 85.4 Å². The molecular formula is C86H109ClN4O22. The molecule has 0 spiro atoms. The molecule has 3 fully saturated rings. The van der Waals surface area contributed by atoms with Gasteiger partial charge >= 0.3 is 48.0 Å². The molecule has 1 aromatic heterocycles. The third-order valence-electron chi connectivity index (χ3n) is 18.8. The molecule has 7 aromatic rings. The number of carbonyl (C=O) groups is 9. The van der Waals surface area contributed by atoms with Crippen molar-refractivity contribution in [2.45, 2.75) is 189 Å². The van der Waals surface area contributed by atoms with E-state index in [1.54, 1.807) is 104 Å². The first-order valence-electron chi connectivity index (χ1n) is 38.0. The number of methoxy groups -OCH3 is 1. The fourth-order valence-corrected chi connectivity index (χ4v) is 13.1. The lowest BCUT2D eigenvalue weighted by Gasteiger charge is -2.33. The van der Waals surface area contributed by atoms with Crippen molar-refractivity contribution >= 4 is 86.2 Å². The fourth-order valence-electron chi connectivity index (χ4n) is 13.1. The summed E-state index contributed by atoms with van der Waals surface area (Å²) < 4.78 is 68.5. The number of halogens is 1. The number of cyclic esters (lactones) is 3. The number of hydrogen-bond donors (Lipinski definition) is 3. The molecule has 27 heteroatoms. The first kappa shape index (κ1) is 90.2. The smallest absolute Gasteiger partial charge is 0.420 e. The highest BCUT2D eigenvalue weighted by atomic mass is 35.5. The van der Waals surface area contributed by atoms with E-state index in [-0.39, 0.29) is 86.5 Å². The number of aromatic nitrogens is 1. The van der Waals surface area contributed by atoms with Crippen LogP contribution in [-0.2, 0) is 100 Å². The summed E-state index contributed by atoms with van der Waals surface area (Å²) in [6, 6.07) is 40.4. The molecule has 0 aliphatic carbocycles. The molecule has 4 heterocycles. The zero-order valence-electron chi connectivity index (χ0n) is 67.3. The summed E-state index contributed by atoms with van der Waals surface area (Å²) in [5, 5.41) is 19.4. The van der Waals surface area contributed by atoms with Crippen LogP contribution in [0.25, 0.3) is 32.3 Å². The van der Waals surface area contributed by atoms with Crippen LogP contribution in [0.15, 0.2) is 140 Å². The molecule has 10 rings (SSSR count). The standard InChI is InChI=1S/C33H45NO9.C30H34N2O8.C23H29NO5.ClH/c1-20(2)28(35)41-27-21(3)40-29(36)26(34(30(37)42-32(4,5)6)31(38)43-33(7,8)9)19-39-18-24(27)17-23-15-12-14-22-13-10-11-16-25(22)23;1-17(2)29(35)40-27-18(3)39-30(36)23(32-28(34)25-26(33)24(37-4)12-13-31-25)16-38-15-21(27)14-20-10-7-9-19-8-5-6-11-22(19)20;1-14(2)22(25)29-21-15(3)28-23(26)20(24)13-27-12-18(21)11-17-9-6-8-16-7-4-5-10-19(16)17;/h10-16,20-21,24,26-27H,17-19H2,1-9H3;5-13,17-18,21,23,27,33H,14-16H2,1-4H3,(H,32,34);4-10,14-15,18,20-21H,11-13,24H2,1-3H3;1H/t21-,24-,26-,27-;18-,21-,23-,27-;15-,18-,20-,21-;/m000./s1. The normalized spacial score (nSPS) is 22.5. The van der Waals surface area contributed by atoms with Crippen LogP contribution in [0, 0.1) is 35.5 Å². The number of nitrogens with zero attached hydrogens (tertiary/aromatic N) is 2. The second kappa shape index (κ2) is 41.2. The number of esters is 6. The number of aromatic hydroxyl groups is 1. The first-order valence-corrected chi connectivity index (χ1v) is 38.0. The third kappa shape index (κ3) is 25.3. The Morgan fingerprint density at radius 2 is 0.858 bits per heavy atom. The van der Waals surface area contributed by atoms with Crippen molar-refractivity contribution in [1.82, 2.24) is 15.2 Å². The highest BCUT2D eigenvalue weighted by molar-refractivity contribution is 5.98. The molecule has 0 radical (unpaired) electrons. The van der Waals surface area contributed by atoms with Gasteiger partial charge in [0.1, 0.15) is 54.4 Å². The Morgan fingerprint density at radius 1 is 0.504 bits per heavy atom. The number of fused-ring (bicyclic) bond motifs is 3. The topological polar surface area (TPSA) is 340 Å². The monoisotopic (exact) mass is 1580 g/mol. The van der Waals surface area contributed by atoms with Gasteiger partial charge in [-0.05, 0) is 131 Å². The Balaban J connectivity index is 0.000000238. The van der Waals surface area contributed by atoms with Crippen LogP contribution in [0.4, 0.5) is 9.59 Å². The Bertz CT molecular complexity index is 4380. The second-order valence-corrected chi connectivity index (χ2v) is 31.3. The summed E-state index contributed by atoms with van der Waals surface area (Å²) >= 11 is 0. The molecule has 3 aliphatic rings. The summed E-state index contributed by atoms with van der Waals surface area (Å²) in [6.45, 7) is 25.5. The van der Waals surface area contributed by atoms with Crippen molar-refractivity contribution in [3.63, 3.8) is 0 Å². The van der Waals surface area contributed by atoms with Gasteiger partial charge in [-0.1, -0.05) is 169 Å². The van der Waals surface area contributed by atoms with E-state index in [4.69, 9.17) is 56.8 Å². The van der Waals surface area contributed by atoms with E-state index >= 15 is 0 Å². The highest BCUT2D eigenvalue weighted by Crippen LogP contribution is 2.34. The highest BCUT2D eigenvalue weighted by Gasteiger charge is 2.46. The number of quaternary nitrogens is 1. The van der Waals surface area contributed by atoms with Gasteiger partial charge in [-0.3, -0.25) is 19.2 Å². The molecule has 0 saturated carbocycles. The fraction of sp³-hybridized carbons (Fsp3) is 0.488. The number of benzene rings is 6. The summed E-state index contributed by atoms with van der Waals surface area (Å²) in [4.78, 5) is 121. The minimum Gasteiger partial charge on any atom is -1.00 e. The van der Waals surface area contributed by atoms with Crippen molar-refractivity contribution in [2.75, 3.05) is 46.8 Å². The van der Waals surface area contributed by atoms with E-state index in [9.17, 15) is 48.3 Å². The van der Waals surface area contributed by atoms with Crippen LogP contribution in [-0.4, -0.2) is 182 Å². The van der Waals surface area contributed by atoms with E-state index in [0.717, 1.165) is 49.0 Å². The predicted octanol–water partition coefficient (Wildman–Crippen LogP) is 8.65. The zero-order valence-corrected chi connectivity index (χ0v) is 68.1. The molecular weight excluding hydrogens is 1480 g/mol. The molecule has 3 aliphatic heterocycles. The molecule has 0 bridgehead atoms. The van der Waals surface area contributed by atoms with Gasteiger partial charge in [0.05, 0.1) is 57.9 Å². The molecule has 3 amide bonds. The average Bonchev–Trinajstić information content (AvgIpc) is 1.80. The maximum Gasteiger partial charge on any atom is 0.420 e. The van der Waals surface area contributed by atoms with Gasteiger partial charge in [0.25, 0.3) is 5.91 Å². The Kier molecular flexibility index (Phi) is 32.9. The van der Waals surface area contributed by atoms with Crippen molar-refractivity contribution in [2.24, 2.45) is 35.5 Å². The molecule has 612 valence electrons. The summed E-state index contributed by atoms with van der Waals surface area (Å²) in [5.74, 6) is -6.50. The van der Waals surface area contributed by atoms with E-state index in [1.807, 2.05) is 103 Å². The van der Waals surface area contributed by atoms with Gasteiger partial charge in [0, 0.05) is 30.0 Å². The van der Waals surface area contributed by atoms with Crippen LogP contribution >= 0.6 is 0 Å². The predicted molar refractivity (Wildman–Crippen MR) is 415 cm³/mol. The van der Waals surface area contributed by atoms with Crippen LogP contribution in [0.1, 0.15) is 131 Å². The van der Waals surface area contributed by atoms with Crippen LogP contribution in [0.5, 0.6) is 11.5 Å². The molecule has 0 unspecified atom stereocenters. The van der Waals surface area contributed by atoms with Gasteiger partial charge in [0.2, 0.25) is 6.04 Å². The van der Waals surface area contributed by atoms with E-state index in [2.05, 4.69) is 40.3 Å². The number of ether oxygens (including phenoxy) is 12. The minimum atomic E-state index is -1.51. The maximum absolute atomic E-state index is 13.6. The van der Waals surface area contributed by atoms with Crippen molar-refractivity contribution < 1.29 is 123 Å². The molecule has 113 heavy (non-hydrogen) atoms. The number of imide groups is 1. The van der Waals surface area contributed by atoms with Crippen LogP contribution < -0.4 is 28.2 Å². The number of pyridine rings is 1. The summed E-state index contributed by atoms with van der Waals surface area (Å²) in [7, 11) is 1.35. The number of amides is 3. The second-order valence-electron chi connectivity index (χ2n) is 31.3. The minimum absolute atomic E-state index is 0. The third-order valence-corrected chi connectivity index (χ3v) is 18.8. The van der Waals surface area contributed by atoms with Crippen molar-refractivity contribution in [1.29, 1.82) is 0 Å². The number of carbonyl (C=O) groups excluding carboxylic acids is 9. The van der Waals surface area contributed by atoms with Crippen LogP contribution in [0.2, 0.25) is 0 Å². The largest absolute Gasteiger partial charge is 1.00 e. The maximum atomic E-state index is 13.6.